The Labute approximate surface area is 331 Å². The summed E-state index contributed by atoms with van der Waals surface area (Å²) in [6.45, 7) is 11.7. The lowest BCUT2D eigenvalue weighted by Gasteiger charge is -2.28. The van der Waals surface area contributed by atoms with Crippen molar-refractivity contribution in [3.63, 3.8) is 0 Å². The molecule has 2 heterocycles. The van der Waals surface area contributed by atoms with Gasteiger partial charge in [0.05, 0.1) is 0 Å². The predicted octanol–water partition coefficient (Wildman–Crippen LogP) is 5.13. The average molecular weight is 774 g/mol. The third kappa shape index (κ3) is 8.73. The number of amides is 6. The van der Waals surface area contributed by atoms with Gasteiger partial charge in [-0.3, -0.25) is 38.6 Å². The van der Waals surface area contributed by atoms with E-state index in [2.05, 4.69) is 30.7 Å². The largest absolute Gasteiger partial charge is 0.489 e. The minimum atomic E-state index is -0.432. The van der Waals surface area contributed by atoms with Gasteiger partial charge in [0.25, 0.3) is 23.6 Å². The van der Waals surface area contributed by atoms with Crippen molar-refractivity contribution in [2.75, 3.05) is 59.0 Å². The van der Waals surface area contributed by atoms with Crippen LogP contribution in [-0.2, 0) is 9.59 Å². The van der Waals surface area contributed by atoms with E-state index in [4.69, 9.17) is 9.47 Å². The highest BCUT2D eigenvalue weighted by atomic mass is 16.5. The fourth-order valence-electron chi connectivity index (χ4n) is 7.22. The number of unbranched alkanes of at least 4 members (excludes halogenated alkanes) is 1. The molecule has 0 atom stereocenters. The molecule has 2 aliphatic rings. The van der Waals surface area contributed by atoms with Gasteiger partial charge in [-0.1, -0.05) is 62.9 Å². The summed E-state index contributed by atoms with van der Waals surface area (Å²) in [5, 5.41) is 8.11. The number of hydrogen-bond acceptors (Lipinski definition) is 9. The maximum Gasteiger partial charge on any atom is 0.261 e. The summed E-state index contributed by atoms with van der Waals surface area (Å²) in [5.41, 5.74) is 1.59. The van der Waals surface area contributed by atoms with Crippen LogP contribution < -0.4 is 20.1 Å². The van der Waals surface area contributed by atoms with E-state index in [0.717, 1.165) is 22.6 Å². The van der Waals surface area contributed by atoms with Crippen LogP contribution in [0.1, 0.15) is 74.0 Å². The van der Waals surface area contributed by atoms with Crippen molar-refractivity contribution < 1.29 is 38.2 Å². The number of hydrogen-bond donors (Lipinski definition) is 2. The number of rotatable bonds is 21. The van der Waals surface area contributed by atoms with Crippen molar-refractivity contribution >= 4 is 57.0 Å². The van der Waals surface area contributed by atoms with Crippen molar-refractivity contribution in [1.82, 2.24) is 25.3 Å². The number of benzene rings is 4. The van der Waals surface area contributed by atoms with Crippen LogP contribution in [0.25, 0.3) is 21.5 Å². The van der Waals surface area contributed by atoms with E-state index in [0.29, 0.717) is 74.9 Å². The number of nitrogens with one attached hydrogen (secondary N) is 2. The quantitative estimate of drug-likeness (QED) is 0.0867. The summed E-state index contributed by atoms with van der Waals surface area (Å²) >= 11 is 0. The molecule has 2 N–H and O–H groups in total. The minimum Gasteiger partial charge on any atom is -0.489 e. The Balaban J connectivity index is 0.955. The Morgan fingerprint density at radius 3 is 1.46 bits per heavy atom. The van der Waals surface area contributed by atoms with E-state index in [1.54, 1.807) is 60.7 Å². The zero-order valence-electron chi connectivity index (χ0n) is 32.1. The van der Waals surface area contributed by atoms with E-state index in [1.165, 1.54) is 0 Å². The van der Waals surface area contributed by atoms with Crippen molar-refractivity contribution in [3.8, 4) is 11.5 Å². The molecule has 13 nitrogen and oxygen atoms in total. The highest BCUT2D eigenvalue weighted by molar-refractivity contribution is 6.27. The fraction of sp³-hybridized carbons (Fsp3) is 0.318. The second kappa shape index (κ2) is 18.5. The molecule has 57 heavy (non-hydrogen) atoms. The molecule has 4 aromatic carbocycles. The van der Waals surface area contributed by atoms with Gasteiger partial charge in [-0.25, -0.2) is 0 Å². The zero-order valence-corrected chi connectivity index (χ0v) is 32.1. The molecule has 0 radical (unpaired) electrons. The van der Waals surface area contributed by atoms with Crippen LogP contribution in [0.2, 0.25) is 0 Å². The van der Waals surface area contributed by atoms with Crippen LogP contribution in [-0.4, -0.2) is 109 Å². The number of carbonyl (C=O) groups excluding carboxylic acids is 6. The van der Waals surface area contributed by atoms with Gasteiger partial charge >= 0.3 is 0 Å². The average Bonchev–Trinajstić information content (AvgIpc) is 3.22. The molecular formula is C44H47N5O8. The maximum atomic E-state index is 13.4. The van der Waals surface area contributed by atoms with Gasteiger partial charge in [0.15, 0.2) is 0 Å². The Bertz CT molecular complexity index is 2050. The third-order valence-corrected chi connectivity index (χ3v) is 10.1. The Hall–Kier alpha value is -6.34. The first-order valence-electron chi connectivity index (χ1n) is 19.2. The van der Waals surface area contributed by atoms with E-state index in [-0.39, 0.29) is 64.0 Å². The van der Waals surface area contributed by atoms with Crippen LogP contribution in [0.4, 0.5) is 0 Å². The molecule has 13 heteroatoms. The van der Waals surface area contributed by atoms with Crippen LogP contribution in [0.5, 0.6) is 11.5 Å². The second-order valence-corrected chi connectivity index (χ2v) is 13.8. The van der Waals surface area contributed by atoms with Crippen LogP contribution in [0.3, 0.4) is 0 Å². The molecule has 0 unspecified atom stereocenters. The maximum absolute atomic E-state index is 13.4. The van der Waals surface area contributed by atoms with E-state index in [9.17, 15) is 28.8 Å². The van der Waals surface area contributed by atoms with Crippen LogP contribution >= 0.6 is 0 Å². The molecule has 0 aromatic heterocycles. The molecule has 2 aliphatic heterocycles. The standard InChI is InChI=1S/C44H47N5O8/c1-4-7-22-47(23-18-37(50)45-20-25-48-41(52)31-12-8-10-29-35(56-27-5-2)16-14-33(39(29)31)43(48)54)24-19-38(51)46-21-26-49-42(53)32-13-9-11-30-36(57-28-6-3)17-15-34(40(30)32)44(49)55/h5-6,8-17H,2-4,7,18-28H2,1H3,(H,45,50)(H,46,51). The first-order valence-corrected chi connectivity index (χ1v) is 19.2. The van der Waals surface area contributed by atoms with Gasteiger partial charge < -0.3 is 25.0 Å². The highest BCUT2D eigenvalue weighted by Gasteiger charge is 2.34. The number of imide groups is 2. The van der Waals surface area contributed by atoms with E-state index >= 15 is 0 Å². The Morgan fingerprint density at radius 1 is 0.632 bits per heavy atom. The molecule has 6 rings (SSSR count). The molecule has 0 aliphatic carbocycles. The topological polar surface area (TPSA) is 155 Å². The molecule has 0 saturated carbocycles. The minimum absolute atomic E-state index is 0.0104. The summed E-state index contributed by atoms with van der Waals surface area (Å²) in [7, 11) is 0. The Kier molecular flexibility index (Phi) is 13.1. The number of ether oxygens (including phenoxy) is 2. The normalized spacial score (nSPS) is 13.4. The first kappa shape index (κ1) is 40.3. The summed E-state index contributed by atoms with van der Waals surface area (Å²) in [6.07, 6.45) is 5.39. The summed E-state index contributed by atoms with van der Waals surface area (Å²) in [5.74, 6) is -1.08. The van der Waals surface area contributed by atoms with Gasteiger partial charge in [0, 0.05) is 95.9 Å². The van der Waals surface area contributed by atoms with E-state index in [1.807, 2.05) is 17.0 Å². The van der Waals surface area contributed by atoms with Gasteiger partial charge in [-0.05, 0) is 49.4 Å². The van der Waals surface area contributed by atoms with Gasteiger partial charge in [0.1, 0.15) is 24.7 Å². The van der Waals surface area contributed by atoms with Gasteiger partial charge in [-0.15, -0.1) is 0 Å². The summed E-state index contributed by atoms with van der Waals surface area (Å²) in [4.78, 5) is 83.7. The predicted molar refractivity (Wildman–Crippen MR) is 217 cm³/mol. The molecule has 4 aromatic rings. The van der Waals surface area contributed by atoms with Crippen molar-refractivity contribution in [1.29, 1.82) is 0 Å². The zero-order chi connectivity index (χ0) is 40.5. The smallest absolute Gasteiger partial charge is 0.261 e. The number of nitrogens with zero attached hydrogens (tertiary/aromatic N) is 3. The van der Waals surface area contributed by atoms with Crippen LogP contribution in [0.15, 0.2) is 86.0 Å². The summed E-state index contributed by atoms with van der Waals surface area (Å²) in [6, 6.07) is 17.2. The van der Waals surface area contributed by atoms with Crippen molar-refractivity contribution in [2.24, 2.45) is 0 Å². The Morgan fingerprint density at radius 2 is 1.05 bits per heavy atom. The summed E-state index contributed by atoms with van der Waals surface area (Å²) < 4.78 is 11.5. The van der Waals surface area contributed by atoms with Gasteiger partial charge in [-0.2, -0.15) is 0 Å². The lowest BCUT2D eigenvalue weighted by molar-refractivity contribution is -0.121. The molecule has 0 bridgehead atoms. The molecule has 6 amide bonds. The lowest BCUT2D eigenvalue weighted by atomic mass is 9.93. The number of carbonyl (C=O) groups is 6. The van der Waals surface area contributed by atoms with Crippen molar-refractivity contribution in [3.05, 3.63) is 108 Å². The van der Waals surface area contributed by atoms with Crippen LogP contribution in [0, 0.1) is 0 Å². The lowest BCUT2D eigenvalue weighted by Crippen LogP contribution is -2.45. The molecule has 296 valence electrons. The van der Waals surface area contributed by atoms with Crippen molar-refractivity contribution in [2.45, 2.75) is 32.6 Å². The molecular weight excluding hydrogens is 727 g/mol. The van der Waals surface area contributed by atoms with Gasteiger partial charge in [0.2, 0.25) is 11.8 Å². The second-order valence-electron chi connectivity index (χ2n) is 13.8. The monoisotopic (exact) mass is 773 g/mol. The molecule has 0 saturated heterocycles. The first-order chi connectivity index (χ1) is 27.7. The third-order valence-electron chi connectivity index (χ3n) is 10.1. The molecule has 0 fully saturated rings. The fourth-order valence-corrected chi connectivity index (χ4v) is 7.22. The highest BCUT2D eigenvalue weighted by Crippen LogP contribution is 2.37. The molecule has 0 spiro atoms. The SMILES string of the molecule is C=CCOc1ccc2c3c(cccc13)C(=O)N(CCNC(=O)CCN(CCCC)CCC(=O)NCCN1C(=O)c3cccc4c(OCC=C)ccc(c34)C1=O)C2=O. The van der Waals surface area contributed by atoms with E-state index < -0.39 is 23.6 Å².